The molecule has 110 valence electrons. The third-order valence-corrected chi connectivity index (χ3v) is 5.76. The minimum atomic E-state index is -3.48. The Morgan fingerprint density at radius 3 is 2.58 bits per heavy atom. The Hall–Kier alpha value is -0.470. The van der Waals surface area contributed by atoms with Crippen LogP contribution in [0.5, 0.6) is 0 Å². The Kier molecular flexibility index (Phi) is 5.94. The van der Waals surface area contributed by atoms with Crippen molar-refractivity contribution in [3.63, 3.8) is 0 Å². The molecule has 0 radical (unpaired) electrons. The van der Waals surface area contributed by atoms with Gasteiger partial charge >= 0.3 is 0 Å². The van der Waals surface area contributed by atoms with E-state index in [1.54, 1.807) is 6.92 Å². The number of aryl methyl sites for hydroxylation is 1. The highest BCUT2D eigenvalue weighted by Gasteiger charge is 2.19. The third kappa shape index (κ3) is 4.54. The van der Waals surface area contributed by atoms with Crippen molar-refractivity contribution >= 4 is 21.4 Å². The number of likely N-dealkylation sites (N-methyl/N-ethyl adjacent to an activating group) is 1. The molecule has 0 aliphatic heterocycles. The molecule has 0 atom stereocenters. The molecular formula is C12H22N2O3S2. The fourth-order valence-electron chi connectivity index (χ4n) is 1.56. The average Bonchev–Trinajstić information content (AvgIpc) is 2.70. The van der Waals surface area contributed by atoms with Crippen molar-refractivity contribution in [2.24, 2.45) is 0 Å². The van der Waals surface area contributed by atoms with Gasteiger partial charge < -0.3 is 10.0 Å². The van der Waals surface area contributed by atoms with Gasteiger partial charge in [-0.05, 0) is 33.9 Å². The van der Waals surface area contributed by atoms with E-state index in [4.69, 9.17) is 5.11 Å². The Morgan fingerprint density at radius 1 is 1.47 bits per heavy atom. The zero-order valence-corrected chi connectivity index (χ0v) is 13.4. The molecule has 0 fully saturated rings. The lowest BCUT2D eigenvalue weighted by molar-refractivity contribution is 0.278. The van der Waals surface area contributed by atoms with Crippen molar-refractivity contribution < 1.29 is 13.5 Å². The molecule has 1 aromatic heterocycles. The van der Waals surface area contributed by atoms with Crippen molar-refractivity contribution in [3.05, 3.63) is 15.8 Å². The first kappa shape index (κ1) is 16.6. The molecule has 0 aromatic carbocycles. The molecule has 7 heteroatoms. The molecule has 0 spiro atoms. The Bertz CT molecular complexity index is 509. The van der Waals surface area contributed by atoms with E-state index in [9.17, 15) is 8.42 Å². The van der Waals surface area contributed by atoms with Gasteiger partial charge in [0.2, 0.25) is 10.0 Å². The first-order valence-electron chi connectivity index (χ1n) is 6.18. The molecule has 2 N–H and O–H groups in total. The summed E-state index contributed by atoms with van der Waals surface area (Å²) < 4.78 is 26.9. The normalized spacial score (nSPS) is 12.6. The minimum Gasteiger partial charge on any atom is -0.391 e. The van der Waals surface area contributed by atoms with E-state index in [0.29, 0.717) is 28.9 Å². The largest absolute Gasteiger partial charge is 0.391 e. The number of aliphatic hydroxyl groups is 1. The Labute approximate surface area is 119 Å². The summed E-state index contributed by atoms with van der Waals surface area (Å²) in [6.07, 6.45) is 0. The van der Waals surface area contributed by atoms with Gasteiger partial charge in [-0.2, -0.15) is 0 Å². The lowest BCUT2D eigenvalue weighted by Crippen LogP contribution is -2.36. The SMILES string of the molecule is Cc1sc(CO)cc1S(=O)(=O)NCCN(C)C(C)C. The fraction of sp³-hybridized carbons (Fsp3) is 0.667. The van der Waals surface area contributed by atoms with Gasteiger partial charge in [-0.1, -0.05) is 0 Å². The highest BCUT2D eigenvalue weighted by atomic mass is 32.2. The van der Waals surface area contributed by atoms with Crippen molar-refractivity contribution in [1.82, 2.24) is 9.62 Å². The average molecular weight is 306 g/mol. The summed E-state index contributed by atoms with van der Waals surface area (Å²) >= 11 is 1.31. The van der Waals surface area contributed by atoms with Crippen LogP contribution in [0.3, 0.4) is 0 Å². The summed E-state index contributed by atoms with van der Waals surface area (Å²) in [6, 6.07) is 1.92. The molecule has 1 rings (SSSR count). The summed E-state index contributed by atoms with van der Waals surface area (Å²) in [5.41, 5.74) is 0. The lowest BCUT2D eigenvalue weighted by atomic mass is 10.3. The Balaban J connectivity index is 2.68. The summed E-state index contributed by atoms with van der Waals surface area (Å²) in [7, 11) is -1.52. The number of hydrogen-bond donors (Lipinski definition) is 2. The monoisotopic (exact) mass is 306 g/mol. The van der Waals surface area contributed by atoms with Crippen molar-refractivity contribution in [2.75, 3.05) is 20.1 Å². The van der Waals surface area contributed by atoms with E-state index < -0.39 is 10.0 Å². The van der Waals surface area contributed by atoms with Gasteiger partial charge in [-0.3, -0.25) is 0 Å². The zero-order valence-electron chi connectivity index (χ0n) is 11.8. The molecule has 0 aliphatic carbocycles. The van der Waals surface area contributed by atoms with Crippen LogP contribution in [0.15, 0.2) is 11.0 Å². The standard InChI is InChI=1S/C12H22N2O3S2/c1-9(2)14(4)6-5-13-19(16,17)12-7-11(8-15)18-10(12)3/h7,9,13,15H,5-6,8H2,1-4H3. The number of thiophene rings is 1. The molecule has 5 nitrogen and oxygen atoms in total. The van der Waals surface area contributed by atoms with Gasteiger partial charge in [0.15, 0.2) is 0 Å². The smallest absolute Gasteiger partial charge is 0.241 e. The number of nitrogens with one attached hydrogen (secondary N) is 1. The molecule has 19 heavy (non-hydrogen) atoms. The maximum absolute atomic E-state index is 12.1. The molecule has 1 heterocycles. The van der Waals surface area contributed by atoms with Crippen LogP contribution in [0.1, 0.15) is 23.6 Å². The van der Waals surface area contributed by atoms with Gasteiger partial charge in [0.05, 0.1) is 11.5 Å². The zero-order chi connectivity index (χ0) is 14.6. The second-order valence-electron chi connectivity index (χ2n) is 4.76. The number of sulfonamides is 1. The van der Waals surface area contributed by atoms with Crippen LogP contribution in [0.25, 0.3) is 0 Å². The van der Waals surface area contributed by atoms with Gasteiger partial charge in [0, 0.05) is 28.9 Å². The molecule has 0 saturated carbocycles. The molecule has 0 saturated heterocycles. The molecule has 0 bridgehead atoms. The first-order valence-corrected chi connectivity index (χ1v) is 8.48. The first-order chi connectivity index (χ1) is 8.77. The van der Waals surface area contributed by atoms with Crippen LogP contribution in [-0.4, -0.2) is 44.6 Å². The highest BCUT2D eigenvalue weighted by Crippen LogP contribution is 2.25. The number of aliphatic hydroxyl groups excluding tert-OH is 1. The fourth-order valence-corrected chi connectivity index (χ4v) is 4.08. The predicted molar refractivity (Wildman–Crippen MR) is 77.9 cm³/mol. The topological polar surface area (TPSA) is 69.6 Å². The van der Waals surface area contributed by atoms with Crippen molar-refractivity contribution in [1.29, 1.82) is 0 Å². The van der Waals surface area contributed by atoms with E-state index >= 15 is 0 Å². The maximum atomic E-state index is 12.1. The molecular weight excluding hydrogens is 284 g/mol. The van der Waals surface area contributed by atoms with E-state index in [0.717, 1.165) is 0 Å². The van der Waals surface area contributed by atoms with Crippen molar-refractivity contribution in [3.8, 4) is 0 Å². The summed E-state index contributed by atoms with van der Waals surface area (Å²) in [5, 5.41) is 9.04. The molecule has 0 amide bonds. The van der Waals surface area contributed by atoms with Crippen LogP contribution >= 0.6 is 11.3 Å². The number of hydrogen-bond acceptors (Lipinski definition) is 5. The second kappa shape index (κ2) is 6.81. The van der Waals surface area contributed by atoms with Crippen LogP contribution in [-0.2, 0) is 16.6 Å². The third-order valence-electron chi connectivity index (χ3n) is 3.01. The number of nitrogens with zero attached hydrogens (tertiary/aromatic N) is 1. The van der Waals surface area contributed by atoms with E-state index in [-0.39, 0.29) is 11.5 Å². The lowest BCUT2D eigenvalue weighted by Gasteiger charge is -2.20. The van der Waals surface area contributed by atoms with Crippen LogP contribution in [0.2, 0.25) is 0 Å². The van der Waals surface area contributed by atoms with E-state index in [1.807, 2.05) is 7.05 Å². The maximum Gasteiger partial charge on any atom is 0.241 e. The summed E-state index contributed by atoms with van der Waals surface area (Å²) in [6.45, 7) is 6.78. The van der Waals surface area contributed by atoms with Crippen LogP contribution in [0, 0.1) is 6.92 Å². The van der Waals surface area contributed by atoms with Gasteiger partial charge in [0.1, 0.15) is 0 Å². The predicted octanol–water partition coefficient (Wildman–Crippen LogP) is 1.17. The quantitative estimate of drug-likeness (QED) is 0.793. The second-order valence-corrected chi connectivity index (χ2v) is 7.84. The summed E-state index contributed by atoms with van der Waals surface area (Å²) in [5.74, 6) is 0. The van der Waals surface area contributed by atoms with E-state index in [2.05, 4.69) is 23.5 Å². The van der Waals surface area contributed by atoms with Gasteiger partial charge in [-0.15, -0.1) is 11.3 Å². The highest BCUT2D eigenvalue weighted by molar-refractivity contribution is 7.89. The molecule has 0 unspecified atom stereocenters. The summed E-state index contributed by atoms with van der Waals surface area (Å²) in [4.78, 5) is 3.71. The molecule has 0 aliphatic rings. The molecule has 1 aromatic rings. The van der Waals surface area contributed by atoms with Crippen LogP contribution < -0.4 is 4.72 Å². The van der Waals surface area contributed by atoms with Crippen LogP contribution in [0.4, 0.5) is 0 Å². The number of rotatable bonds is 7. The Morgan fingerprint density at radius 2 is 2.11 bits per heavy atom. The van der Waals surface area contributed by atoms with Gasteiger partial charge in [-0.25, -0.2) is 13.1 Å². The van der Waals surface area contributed by atoms with Crippen molar-refractivity contribution in [2.45, 2.75) is 38.3 Å². The van der Waals surface area contributed by atoms with Gasteiger partial charge in [0.25, 0.3) is 0 Å². The minimum absolute atomic E-state index is 0.128. The van der Waals surface area contributed by atoms with E-state index in [1.165, 1.54) is 17.4 Å².